The van der Waals surface area contributed by atoms with E-state index in [1.54, 1.807) is 25.1 Å². The van der Waals surface area contributed by atoms with E-state index < -0.39 is 30.3 Å². The van der Waals surface area contributed by atoms with Gasteiger partial charge in [0.25, 0.3) is 5.91 Å². The summed E-state index contributed by atoms with van der Waals surface area (Å²) in [6, 6.07) is 9.65. The molecular formula is C23H23F5N2O3. The van der Waals surface area contributed by atoms with Crippen LogP contribution >= 0.6 is 0 Å². The standard InChI is InChI=1S/C23H23F5N2O3/c1-14(18-4-2-3-5-19(18)33-22(24)25)29-20(31)15-10-12-30(13-11-15)21(32)16-6-8-17(9-7-16)23(26,27)28/h2-9,14-15,22H,10-13H2,1H3,(H,29,31). The highest BCUT2D eigenvalue weighted by Gasteiger charge is 2.32. The van der Waals surface area contributed by atoms with E-state index in [0.717, 1.165) is 24.3 Å². The second-order valence-corrected chi connectivity index (χ2v) is 7.79. The van der Waals surface area contributed by atoms with Crippen molar-refractivity contribution >= 4 is 11.8 Å². The molecule has 1 fully saturated rings. The fraction of sp³-hybridized carbons (Fsp3) is 0.391. The molecule has 0 spiro atoms. The molecule has 0 aromatic heterocycles. The number of halogens is 5. The predicted molar refractivity (Wildman–Crippen MR) is 110 cm³/mol. The number of nitrogens with one attached hydrogen (secondary N) is 1. The Bertz CT molecular complexity index is 971. The Morgan fingerprint density at radius 2 is 1.64 bits per heavy atom. The minimum Gasteiger partial charge on any atom is -0.434 e. The summed E-state index contributed by atoms with van der Waals surface area (Å²) < 4.78 is 67.8. The highest BCUT2D eigenvalue weighted by molar-refractivity contribution is 5.94. The van der Waals surface area contributed by atoms with Crippen molar-refractivity contribution < 1.29 is 36.3 Å². The third-order valence-electron chi connectivity index (χ3n) is 5.57. The number of para-hydroxylation sites is 1. The third-order valence-corrected chi connectivity index (χ3v) is 5.57. The Morgan fingerprint density at radius 1 is 1.03 bits per heavy atom. The number of likely N-dealkylation sites (tertiary alicyclic amines) is 1. The van der Waals surface area contributed by atoms with Gasteiger partial charge in [0.05, 0.1) is 11.6 Å². The van der Waals surface area contributed by atoms with Crippen molar-refractivity contribution in [1.29, 1.82) is 0 Å². The number of hydrogen-bond acceptors (Lipinski definition) is 3. The van der Waals surface area contributed by atoms with Crippen molar-refractivity contribution in [3.05, 3.63) is 65.2 Å². The van der Waals surface area contributed by atoms with Crippen molar-refractivity contribution in [3.63, 3.8) is 0 Å². The zero-order valence-electron chi connectivity index (χ0n) is 17.7. The lowest BCUT2D eigenvalue weighted by molar-refractivity contribution is -0.137. The number of benzene rings is 2. The van der Waals surface area contributed by atoms with Gasteiger partial charge in [0.1, 0.15) is 5.75 Å². The number of piperidine rings is 1. The minimum atomic E-state index is -4.48. The fourth-order valence-electron chi connectivity index (χ4n) is 3.78. The number of carbonyl (C=O) groups is 2. The maximum Gasteiger partial charge on any atom is 0.416 e. The molecule has 0 saturated carbocycles. The molecule has 1 N–H and O–H groups in total. The van der Waals surface area contributed by atoms with Crippen LogP contribution in [0, 0.1) is 5.92 Å². The molecule has 3 rings (SSSR count). The van der Waals surface area contributed by atoms with Crippen LogP contribution in [0.5, 0.6) is 5.75 Å². The van der Waals surface area contributed by atoms with Crippen molar-refractivity contribution in [2.45, 2.75) is 38.6 Å². The highest BCUT2D eigenvalue weighted by Crippen LogP contribution is 2.30. The number of carbonyl (C=O) groups excluding carboxylic acids is 2. The van der Waals surface area contributed by atoms with Gasteiger partial charge in [-0.3, -0.25) is 9.59 Å². The molecule has 1 unspecified atom stereocenters. The van der Waals surface area contributed by atoms with E-state index in [2.05, 4.69) is 10.1 Å². The summed E-state index contributed by atoms with van der Waals surface area (Å²) in [7, 11) is 0. The topological polar surface area (TPSA) is 58.6 Å². The van der Waals surface area contributed by atoms with Gasteiger partial charge in [-0.15, -0.1) is 0 Å². The Kier molecular flexibility index (Phi) is 7.55. The molecule has 5 nitrogen and oxygen atoms in total. The van der Waals surface area contributed by atoms with Crippen LogP contribution in [0.4, 0.5) is 22.0 Å². The smallest absolute Gasteiger partial charge is 0.416 e. The summed E-state index contributed by atoms with van der Waals surface area (Å²) in [6.45, 7) is -0.774. The molecule has 2 amide bonds. The molecule has 10 heteroatoms. The lowest BCUT2D eigenvalue weighted by Gasteiger charge is -2.32. The molecule has 33 heavy (non-hydrogen) atoms. The maximum atomic E-state index is 12.7. The van der Waals surface area contributed by atoms with Crippen molar-refractivity contribution in [2.75, 3.05) is 13.1 Å². The number of amides is 2. The minimum absolute atomic E-state index is 0.0164. The molecule has 2 aromatic carbocycles. The largest absolute Gasteiger partial charge is 0.434 e. The molecule has 1 aliphatic heterocycles. The molecule has 1 atom stereocenters. The van der Waals surface area contributed by atoms with Gasteiger partial charge in [-0.2, -0.15) is 22.0 Å². The zero-order chi connectivity index (χ0) is 24.2. The quantitative estimate of drug-likeness (QED) is 0.602. The monoisotopic (exact) mass is 470 g/mol. The molecule has 2 aromatic rings. The summed E-state index contributed by atoms with van der Waals surface area (Å²) in [5.74, 6) is -1.06. The average Bonchev–Trinajstić information content (AvgIpc) is 2.78. The average molecular weight is 470 g/mol. The van der Waals surface area contributed by atoms with Crippen LogP contribution in [0.2, 0.25) is 0 Å². The molecule has 0 bridgehead atoms. The fourth-order valence-corrected chi connectivity index (χ4v) is 3.78. The van der Waals surface area contributed by atoms with Crippen molar-refractivity contribution in [3.8, 4) is 5.75 Å². The van der Waals surface area contributed by atoms with Gasteiger partial charge in [-0.25, -0.2) is 0 Å². The highest BCUT2D eigenvalue weighted by atomic mass is 19.4. The van der Waals surface area contributed by atoms with Crippen LogP contribution in [0.25, 0.3) is 0 Å². The first-order chi connectivity index (χ1) is 15.6. The van der Waals surface area contributed by atoms with Gasteiger partial charge in [-0.05, 0) is 50.1 Å². The van der Waals surface area contributed by atoms with E-state index >= 15 is 0 Å². The molecule has 0 aliphatic carbocycles. The van der Waals surface area contributed by atoms with Crippen molar-refractivity contribution in [1.82, 2.24) is 10.2 Å². The SMILES string of the molecule is CC(NC(=O)C1CCN(C(=O)c2ccc(C(F)(F)F)cc2)CC1)c1ccccc1OC(F)F. The summed E-state index contributed by atoms with van der Waals surface area (Å²) in [6.07, 6.45) is -3.73. The third kappa shape index (κ3) is 6.21. The second-order valence-electron chi connectivity index (χ2n) is 7.79. The molecular weight excluding hydrogens is 447 g/mol. The number of ether oxygens (including phenoxy) is 1. The van der Waals surface area contributed by atoms with Crippen LogP contribution in [0.1, 0.15) is 47.3 Å². The van der Waals surface area contributed by atoms with Gasteiger partial charge in [0.15, 0.2) is 0 Å². The first kappa shape index (κ1) is 24.5. The maximum absolute atomic E-state index is 12.7. The van der Waals surface area contributed by atoms with Crippen LogP contribution in [0.3, 0.4) is 0 Å². The van der Waals surface area contributed by atoms with E-state index in [-0.39, 0.29) is 36.2 Å². The first-order valence-electron chi connectivity index (χ1n) is 10.4. The van der Waals surface area contributed by atoms with E-state index in [1.807, 2.05) is 0 Å². The van der Waals surface area contributed by atoms with Crippen LogP contribution in [0.15, 0.2) is 48.5 Å². The Hall–Kier alpha value is -3.17. The van der Waals surface area contributed by atoms with Gasteiger partial charge >= 0.3 is 12.8 Å². The summed E-state index contributed by atoms with van der Waals surface area (Å²) >= 11 is 0. The van der Waals surface area contributed by atoms with E-state index in [0.29, 0.717) is 18.4 Å². The van der Waals surface area contributed by atoms with Gasteiger partial charge < -0.3 is 15.0 Å². The van der Waals surface area contributed by atoms with Crippen LogP contribution in [-0.2, 0) is 11.0 Å². The van der Waals surface area contributed by atoms with E-state index in [9.17, 15) is 31.5 Å². The van der Waals surface area contributed by atoms with E-state index in [1.165, 1.54) is 11.0 Å². The summed E-state index contributed by atoms with van der Waals surface area (Å²) in [5, 5.41) is 2.80. The lowest BCUT2D eigenvalue weighted by atomic mass is 9.94. The molecule has 178 valence electrons. The predicted octanol–water partition coefficient (Wildman–Crippen LogP) is 5.04. The van der Waals surface area contributed by atoms with Gasteiger partial charge in [-0.1, -0.05) is 18.2 Å². The number of alkyl halides is 5. The van der Waals surface area contributed by atoms with Gasteiger partial charge in [0, 0.05) is 30.1 Å². The second kappa shape index (κ2) is 10.2. The lowest BCUT2D eigenvalue weighted by Crippen LogP contribution is -2.43. The van der Waals surface area contributed by atoms with Crippen molar-refractivity contribution in [2.24, 2.45) is 5.92 Å². The number of nitrogens with zero attached hydrogens (tertiary/aromatic N) is 1. The normalized spacial score (nSPS) is 15.9. The number of rotatable bonds is 6. The van der Waals surface area contributed by atoms with Gasteiger partial charge in [0.2, 0.25) is 5.91 Å². The summed E-state index contributed by atoms with van der Waals surface area (Å²) in [5.41, 5.74) is -0.264. The Balaban J connectivity index is 1.55. The Morgan fingerprint density at radius 3 is 2.21 bits per heavy atom. The Labute approximate surface area is 187 Å². The van der Waals surface area contributed by atoms with Crippen LogP contribution < -0.4 is 10.1 Å². The number of hydrogen-bond donors (Lipinski definition) is 1. The first-order valence-corrected chi connectivity index (χ1v) is 10.4. The molecule has 1 saturated heterocycles. The zero-order valence-corrected chi connectivity index (χ0v) is 17.7. The van der Waals surface area contributed by atoms with E-state index in [4.69, 9.17) is 0 Å². The summed E-state index contributed by atoms with van der Waals surface area (Å²) in [4.78, 5) is 26.8. The molecule has 1 heterocycles. The van der Waals surface area contributed by atoms with Crippen LogP contribution in [-0.4, -0.2) is 36.4 Å². The molecule has 0 radical (unpaired) electrons. The molecule has 1 aliphatic rings.